The molecule has 1 N–H and O–H groups in total. The van der Waals surface area contributed by atoms with Gasteiger partial charge in [-0.05, 0) is 35.5 Å². The van der Waals surface area contributed by atoms with Crippen LogP contribution in [0.5, 0.6) is 0 Å². The van der Waals surface area contributed by atoms with Crippen molar-refractivity contribution < 1.29 is 19.1 Å². The van der Waals surface area contributed by atoms with Crippen LogP contribution in [0.2, 0.25) is 10.0 Å². The number of hydrogen-bond donors (Lipinski definition) is 1. The Hall–Kier alpha value is -2.55. The van der Waals surface area contributed by atoms with E-state index >= 15 is 0 Å². The van der Waals surface area contributed by atoms with E-state index in [1.165, 1.54) is 30.6 Å². The Labute approximate surface area is 174 Å². The number of carbonyl (C=O) groups is 3. The highest BCUT2D eigenvalue weighted by molar-refractivity contribution is 8.18. The molecule has 2 aromatic rings. The van der Waals surface area contributed by atoms with Crippen LogP contribution in [0.3, 0.4) is 0 Å². The first kappa shape index (κ1) is 20.2. The highest BCUT2D eigenvalue weighted by Crippen LogP contribution is 2.33. The summed E-state index contributed by atoms with van der Waals surface area (Å²) in [6.07, 6.45) is 3.94. The lowest BCUT2D eigenvalue weighted by atomic mass is 10.2. The Morgan fingerprint density at radius 1 is 1.21 bits per heavy atom. The predicted octanol–water partition coefficient (Wildman–Crippen LogP) is 3.09. The van der Waals surface area contributed by atoms with Gasteiger partial charge in [0.15, 0.2) is 12.4 Å². The summed E-state index contributed by atoms with van der Waals surface area (Å²) in [7, 11) is 0. The van der Waals surface area contributed by atoms with Gasteiger partial charge in [-0.25, -0.2) is 0 Å². The maximum absolute atomic E-state index is 12.5. The van der Waals surface area contributed by atoms with Crippen molar-refractivity contribution in [3.05, 3.63) is 74.0 Å². The summed E-state index contributed by atoms with van der Waals surface area (Å²) in [4.78, 5) is 37.9. The van der Waals surface area contributed by atoms with Crippen LogP contribution in [-0.2, 0) is 4.79 Å². The van der Waals surface area contributed by atoms with Gasteiger partial charge >= 0.3 is 0 Å². The van der Waals surface area contributed by atoms with Crippen LogP contribution in [-0.4, -0.2) is 35.0 Å². The van der Waals surface area contributed by atoms with Gasteiger partial charge in [-0.1, -0.05) is 29.3 Å². The summed E-state index contributed by atoms with van der Waals surface area (Å²) in [5, 5.41) is 14.0. The van der Waals surface area contributed by atoms with Gasteiger partial charge in [-0.2, -0.15) is 4.73 Å². The standard InChI is InChI=1S/C18H13Cl2N3O4S/c19-13-2-1-12(14(20)10-13)9-15-17(25)23(18(26)28-15)8-5-21-16(24)11-3-6-22(27)7-4-11/h1-4,6-7,9-10H,5,8H2,(H,21,24). The van der Waals surface area contributed by atoms with E-state index in [0.29, 0.717) is 25.9 Å². The Morgan fingerprint density at radius 3 is 2.61 bits per heavy atom. The zero-order valence-electron chi connectivity index (χ0n) is 14.2. The Kier molecular flexibility index (Phi) is 6.23. The van der Waals surface area contributed by atoms with E-state index in [0.717, 1.165) is 16.7 Å². The second-order valence-electron chi connectivity index (χ2n) is 5.70. The summed E-state index contributed by atoms with van der Waals surface area (Å²) in [5.41, 5.74) is 0.878. The van der Waals surface area contributed by atoms with Gasteiger partial charge in [0.2, 0.25) is 0 Å². The molecule has 0 spiro atoms. The molecule has 1 aliphatic heterocycles. The molecule has 1 saturated heterocycles. The lowest BCUT2D eigenvalue weighted by Gasteiger charge is -2.13. The number of thioether (sulfide) groups is 1. The number of carbonyl (C=O) groups excluding carboxylic acids is 3. The van der Waals surface area contributed by atoms with Crippen molar-refractivity contribution >= 4 is 58.1 Å². The van der Waals surface area contributed by atoms with Gasteiger partial charge in [-0.15, -0.1) is 0 Å². The second kappa shape index (κ2) is 8.64. The lowest BCUT2D eigenvalue weighted by Crippen LogP contribution is -2.37. The fraction of sp³-hybridized carbons (Fsp3) is 0.111. The van der Waals surface area contributed by atoms with Crippen LogP contribution in [0.4, 0.5) is 4.79 Å². The second-order valence-corrected chi connectivity index (χ2v) is 7.54. The van der Waals surface area contributed by atoms with Gasteiger partial charge in [0.05, 0.1) is 10.5 Å². The third kappa shape index (κ3) is 4.64. The molecule has 7 nitrogen and oxygen atoms in total. The normalized spacial score (nSPS) is 15.4. The number of aromatic nitrogens is 1. The average molecular weight is 438 g/mol. The Balaban J connectivity index is 1.61. The molecule has 1 aliphatic rings. The van der Waals surface area contributed by atoms with Crippen LogP contribution in [0, 0.1) is 5.21 Å². The van der Waals surface area contributed by atoms with Gasteiger partial charge in [0.1, 0.15) is 0 Å². The largest absolute Gasteiger partial charge is 0.619 e. The van der Waals surface area contributed by atoms with E-state index < -0.39 is 17.1 Å². The molecule has 0 unspecified atom stereocenters. The van der Waals surface area contributed by atoms with Crippen molar-refractivity contribution in [2.75, 3.05) is 13.1 Å². The molecule has 0 saturated carbocycles. The predicted molar refractivity (Wildman–Crippen MR) is 107 cm³/mol. The quantitative estimate of drug-likeness (QED) is 0.440. The molecule has 3 amide bonds. The molecule has 0 aliphatic carbocycles. The lowest BCUT2D eigenvalue weighted by molar-refractivity contribution is -0.605. The van der Waals surface area contributed by atoms with Gasteiger partial charge < -0.3 is 10.5 Å². The van der Waals surface area contributed by atoms with E-state index in [-0.39, 0.29) is 18.0 Å². The zero-order valence-corrected chi connectivity index (χ0v) is 16.6. The number of benzene rings is 1. The topological polar surface area (TPSA) is 93.4 Å². The fourth-order valence-corrected chi connectivity index (χ4v) is 3.72. The van der Waals surface area contributed by atoms with E-state index in [9.17, 15) is 19.6 Å². The molecule has 1 fully saturated rings. The highest BCUT2D eigenvalue weighted by atomic mass is 35.5. The maximum atomic E-state index is 12.5. The first-order chi connectivity index (χ1) is 13.3. The number of nitrogens with zero attached hydrogens (tertiary/aromatic N) is 2. The molecule has 144 valence electrons. The van der Waals surface area contributed by atoms with Crippen molar-refractivity contribution in [1.29, 1.82) is 0 Å². The molecule has 0 bridgehead atoms. The van der Waals surface area contributed by atoms with Crippen molar-refractivity contribution in [3.63, 3.8) is 0 Å². The average Bonchev–Trinajstić information content (AvgIpc) is 2.92. The number of pyridine rings is 1. The van der Waals surface area contributed by atoms with Crippen LogP contribution in [0.15, 0.2) is 47.6 Å². The molecule has 2 heterocycles. The summed E-state index contributed by atoms with van der Waals surface area (Å²) in [6.45, 7) is 0.106. The van der Waals surface area contributed by atoms with E-state index in [4.69, 9.17) is 23.2 Å². The third-order valence-corrected chi connectivity index (χ3v) is 5.28. The molecule has 28 heavy (non-hydrogen) atoms. The monoisotopic (exact) mass is 437 g/mol. The smallest absolute Gasteiger partial charge is 0.293 e. The molecule has 0 atom stereocenters. The minimum Gasteiger partial charge on any atom is -0.619 e. The first-order valence-corrected chi connectivity index (χ1v) is 9.60. The first-order valence-electron chi connectivity index (χ1n) is 8.02. The number of nitrogens with one attached hydrogen (secondary N) is 1. The Morgan fingerprint density at radius 2 is 1.93 bits per heavy atom. The maximum Gasteiger partial charge on any atom is 0.293 e. The van der Waals surface area contributed by atoms with Gasteiger partial charge in [0.25, 0.3) is 17.1 Å². The summed E-state index contributed by atoms with van der Waals surface area (Å²) < 4.78 is 0.566. The zero-order chi connectivity index (χ0) is 20.3. The van der Waals surface area contributed by atoms with E-state index in [1.54, 1.807) is 18.2 Å². The molecule has 0 radical (unpaired) electrons. The van der Waals surface area contributed by atoms with Crippen LogP contribution >= 0.6 is 35.0 Å². The number of rotatable bonds is 5. The summed E-state index contributed by atoms with van der Waals surface area (Å²) in [6, 6.07) is 7.59. The molecule has 1 aromatic carbocycles. The van der Waals surface area contributed by atoms with Gasteiger partial charge in [-0.3, -0.25) is 19.3 Å². The minimum atomic E-state index is -0.456. The van der Waals surface area contributed by atoms with Crippen molar-refractivity contribution in [2.45, 2.75) is 0 Å². The molecule has 1 aromatic heterocycles. The van der Waals surface area contributed by atoms with Gasteiger partial charge in [0, 0.05) is 35.3 Å². The summed E-state index contributed by atoms with van der Waals surface area (Å²) >= 11 is 12.8. The minimum absolute atomic E-state index is 0.0243. The Bertz CT molecular complexity index is 979. The molecular weight excluding hydrogens is 425 g/mol. The van der Waals surface area contributed by atoms with Crippen LogP contribution in [0.25, 0.3) is 6.08 Å². The number of imide groups is 1. The molecule has 10 heteroatoms. The van der Waals surface area contributed by atoms with Crippen molar-refractivity contribution in [3.8, 4) is 0 Å². The summed E-state index contributed by atoms with van der Waals surface area (Å²) in [5.74, 6) is -0.863. The van der Waals surface area contributed by atoms with Crippen LogP contribution < -0.4 is 10.0 Å². The number of halogens is 2. The van der Waals surface area contributed by atoms with E-state index in [2.05, 4.69) is 5.32 Å². The SMILES string of the molecule is O=C(NCCN1C(=O)SC(=Cc2ccc(Cl)cc2Cl)C1=O)c1cc[n+]([O-])cc1. The fourth-order valence-electron chi connectivity index (χ4n) is 2.40. The third-order valence-electron chi connectivity index (χ3n) is 3.81. The highest BCUT2D eigenvalue weighted by Gasteiger charge is 2.34. The van der Waals surface area contributed by atoms with Crippen LogP contribution in [0.1, 0.15) is 15.9 Å². The molecule has 3 rings (SSSR count). The van der Waals surface area contributed by atoms with E-state index in [1.807, 2.05) is 0 Å². The molecular formula is C18H13Cl2N3O4S. The number of amides is 3. The van der Waals surface area contributed by atoms with Crippen molar-refractivity contribution in [2.24, 2.45) is 0 Å². The van der Waals surface area contributed by atoms with Crippen molar-refractivity contribution in [1.82, 2.24) is 10.2 Å². The number of hydrogen-bond acceptors (Lipinski definition) is 5.